The Morgan fingerprint density at radius 1 is 0.733 bits per heavy atom. The van der Waals surface area contributed by atoms with Gasteiger partial charge in [-0.15, -0.1) is 0 Å². The number of aromatic nitrogens is 1. The van der Waals surface area contributed by atoms with Gasteiger partial charge < -0.3 is 14.0 Å². The van der Waals surface area contributed by atoms with Gasteiger partial charge in [-0.1, -0.05) is 35.5 Å². The molecule has 0 aliphatic rings. The number of hydrogen-bond acceptors (Lipinski definition) is 8. The normalized spacial score (nSPS) is 12.0. The lowest BCUT2D eigenvalue weighted by atomic mass is 10.0. The first-order valence-corrected chi connectivity index (χ1v) is 15.5. The first kappa shape index (κ1) is 31.7. The van der Waals surface area contributed by atoms with Crippen molar-refractivity contribution in [2.24, 2.45) is 0 Å². The van der Waals surface area contributed by atoms with Crippen LogP contribution in [0.4, 0.5) is 27.8 Å². The third-order valence-corrected chi connectivity index (χ3v) is 9.31. The van der Waals surface area contributed by atoms with Crippen LogP contribution >= 0.6 is 0 Å². The summed E-state index contributed by atoms with van der Waals surface area (Å²) < 4.78 is 140. The van der Waals surface area contributed by atoms with Crippen molar-refractivity contribution in [1.82, 2.24) is 9.88 Å². The van der Waals surface area contributed by atoms with Crippen LogP contribution in [0.2, 0.25) is 0 Å². The molecule has 17 heteroatoms. The molecule has 2 N–H and O–H groups in total. The Bertz CT molecular complexity index is 2150. The lowest BCUT2D eigenvalue weighted by Gasteiger charge is -2.12. The van der Waals surface area contributed by atoms with E-state index in [0.29, 0.717) is 11.1 Å². The van der Waals surface area contributed by atoms with E-state index in [1.807, 2.05) is 4.72 Å². The third-order valence-electron chi connectivity index (χ3n) is 6.51. The molecule has 236 valence electrons. The van der Waals surface area contributed by atoms with E-state index < -0.39 is 60.6 Å². The van der Waals surface area contributed by atoms with Crippen LogP contribution in [0.3, 0.4) is 0 Å². The number of halogens is 5. The number of hydrogen-bond donors (Lipinski definition) is 2. The topological polar surface area (TPSA) is 137 Å². The van der Waals surface area contributed by atoms with Crippen LogP contribution in [-0.4, -0.2) is 36.2 Å². The molecule has 0 spiro atoms. The molecule has 1 heterocycles. The number of fused-ring (bicyclic) bond motifs is 1. The van der Waals surface area contributed by atoms with E-state index in [0.717, 1.165) is 0 Å². The van der Waals surface area contributed by atoms with Crippen LogP contribution in [0.15, 0.2) is 75.0 Å². The van der Waals surface area contributed by atoms with Crippen LogP contribution < -0.4 is 18.9 Å². The number of methoxy groups -OCH3 is 2. The summed E-state index contributed by atoms with van der Waals surface area (Å²) >= 11 is 0. The molecule has 5 rings (SSSR count). The smallest absolute Gasteiger partial charge is 0.266 e. The van der Waals surface area contributed by atoms with E-state index in [1.54, 1.807) is 12.1 Å². The summed E-state index contributed by atoms with van der Waals surface area (Å²) in [5.74, 6) is -12.2. The summed E-state index contributed by atoms with van der Waals surface area (Å²) in [6.45, 7) is -0.591. The van der Waals surface area contributed by atoms with Gasteiger partial charge in [0.1, 0.15) is 21.8 Å². The maximum atomic E-state index is 14.1. The number of anilines is 1. The first-order valence-electron chi connectivity index (χ1n) is 12.5. The second kappa shape index (κ2) is 12.0. The predicted octanol–water partition coefficient (Wildman–Crippen LogP) is 5.49. The largest absolute Gasteiger partial charge is 0.496 e. The highest BCUT2D eigenvalue weighted by Crippen LogP contribution is 2.38. The van der Waals surface area contributed by atoms with Crippen molar-refractivity contribution < 1.29 is 52.8 Å². The summed E-state index contributed by atoms with van der Waals surface area (Å²) in [5, 5.41) is 4.03. The van der Waals surface area contributed by atoms with Gasteiger partial charge in [-0.3, -0.25) is 4.72 Å². The van der Waals surface area contributed by atoms with Crippen molar-refractivity contribution >= 4 is 36.8 Å². The van der Waals surface area contributed by atoms with Crippen LogP contribution in [0.1, 0.15) is 5.56 Å². The fourth-order valence-electron chi connectivity index (χ4n) is 4.39. The number of nitrogens with zero attached hydrogens (tertiary/aromatic N) is 1. The number of ether oxygens (including phenoxy) is 2. The highest BCUT2D eigenvalue weighted by molar-refractivity contribution is 7.92. The van der Waals surface area contributed by atoms with Gasteiger partial charge in [0.15, 0.2) is 39.6 Å². The van der Waals surface area contributed by atoms with Crippen LogP contribution in [0, 0.1) is 29.1 Å². The number of nitrogens with one attached hydrogen (secondary N) is 2. The summed E-state index contributed by atoms with van der Waals surface area (Å²) in [6, 6.07) is 15.0. The maximum Gasteiger partial charge on any atom is 0.266 e. The van der Waals surface area contributed by atoms with E-state index in [9.17, 15) is 38.8 Å². The lowest BCUT2D eigenvalue weighted by Crippen LogP contribution is -2.26. The summed E-state index contributed by atoms with van der Waals surface area (Å²) in [5.41, 5.74) is 1.25. The van der Waals surface area contributed by atoms with Gasteiger partial charge in [-0.05, 0) is 47.0 Å². The van der Waals surface area contributed by atoms with Gasteiger partial charge in [0.25, 0.3) is 10.0 Å². The zero-order valence-corrected chi connectivity index (χ0v) is 24.6. The molecular formula is C28H20F5N3O7S2. The molecule has 0 aliphatic heterocycles. The Morgan fingerprint density at radius 3 is 2.04 bits per heavy atom. The zero-order chi connectivity index (χ0) is 32.7. The Kier molecular flexibility index (Phi) is 8.43. The van der Waals surface area contributed by atoms with Gasteiger partial charge >= 0.3 is 0 Å². The molecule has 0 amide bonds. The Hall–Kier alpha value is -4.74. The highest BCUT2D eigenvalue weighted by atomic mass is 32.2. The lowest BCUT2D eigenvalue weighted by molar-refractivity contribution is 0.357. The minimum Gasteiger partial charge on any atom is -0.496 e. The quantitative estimate of drug-likeness (QED) is 0.113. The van der Waals surface area contributed by atoms with Crippen molar-refractivity contribution in [2.45, 2.75) is 16.3 Å². The molecule has 0 fully saturated rings. The van der Waals surface area contributed by atoms with Crippen molar-refractivity contribution in [2.75, 3.05) is 18.9 Å². The number of rotatable bonds is 10. The molecule has 4 aromatic carbocycles. The number of benzene rings is 4. The number of sulfonamides is 2. The van der Waals surface area contributed by atoms with Gasteiger partial charge in [-0.2, -0.15) is 0 Å². The highest BCUT2D eigenvalue weighted by Gasteiger charge is 2.33. The second-order valence-electron chi connectivity index (χ2n) is 9.26. The molecule has 45 heavy (non-hydrogen) atoms. The summed E-state index contributed by atoms with van der Waals surface area (Å²) in [4.78, 5) is -2.15. The monoisotopic (exact) mass is 669 g/mol. The van der Waals surface area contributed by atoms with Crippen LogP contribution in [-0.2, 0) is 26.6 Å². The SMILES string of the molecule is COc1ccccc1S(=O)(=O)Nc1noc2cc(-c3cccc(CNS(=O)(=O)c4c(F)c(F)c(F)c(F)c4F)c3)cc(OC)c12. The van der Waals surface area contributed by atoms with Gasteiger partial charge in [0, 0.05) is 6.54 Å². The van der Waals surface area contributed by atoms with Crippen molar-refractivity contribution in [3.63, 3.8) is 0 Å². The maximum absolute atomic E-state index is 14.1. The Labute approximate surface area is 252 Å². The van der Waals surface area contributed by atoms with E-state index in [2.05, 4.69) is 9.88 Å². The molecule has 0 atom stereocenters. The van der Waals surface area contributed by atoms with Gasteiger partial charge in [0.05, 0.1) is 14.2 Å². The predicted molar refractivity (Wildman–Crippen MR) is 150 cm³/mol. The van der Waals surface area contributed by atoms with Crippen LogP contribution in [0.5, 0.6) is 11.5 Å². The van der Waals surface area contributed by atoms with E-state index >= 15 is 0 Å². The van der Waals surface area contributed by atoms with Crippen molar-refractivity contribution in [1.29, 1.82) is 0 Å². The Balaban J connectivity index is 1.44. The van der Waals surface area contributed by atoms with E-state index in [-0.39, 0.29) is 38.7 Å². The van der Waals surface area contributed by atoms with Crippen molar-refractivity contribution in [3.05, 3.63) is 95.3 Å². The molecule has 0 saturated heterocycles. The molecular weight excluding hydrogens is 649 g/mol. The average Bonchev–Trinajstić information content (AvgIpc) is 3.43. The molecule has 0 unspecified atom stereocenters. The van der Waals surface area contributed by atoms with Crippen LogP contribution in [0.25, 0.3) is 22.1 Å². The van der Waals surface area contributed by atoms with E-state index in [1.165, 1.54) is 62.8 Å². The van der Waals surface area contributed by atoms with Gasteiger partial charge in [-0.25, -0.2) is 43.5 Å². The zero-order valence-electron chi connectivity index (χ0n) is 23.0. The number of para-hydroxylation sites is 1. The molecule has 10 nitrogen and oxygen atoms in total. The molecule has 0 saturated carbocycles. The van der Waals surface area contributed by atoms with Crippen molar-refractivity contribution in [3.8, 4) is 22.6 Å². The average molecular weight is 670 g/mol. The minimum atomic E-state index is -5.19. The fourth-order valence-corrected chi connectivity index (χ4v) is 6.72. The molecule has 5 aromatic rings. The molecule has 1 aromatic heterocycles. The first-order chi connectivity index (χ1) is 21.3. The summed E-state index contributed by atoms with van der Waals surface area (Å²) in [6.07, 6.45) is 0. The third kappa shape index (κ3) is 5.88. The standard InChI is InChI=1S/C28H20F5N3O7S2/c1-41-17-8-3-4-9-20(17)44(37,38)36-28-21-18(42-2)11-16(12-19(21)43-35-28)15-7-5-6-14(10-15)13-34-45(39,40)27-25(32)23(30)22(29)24(31)26(27)33/h3-12,34H,13H2,1-2H3,(H,35,36). The minimum absolute atomic E-state index is 0.0986. The summed E-state index contributed by atoms with van der Waals surface area (Å²) in [7, 11) is -6.72. The Morgan fingerprint density at radius 2 is 1.38 bits per heavy atom. The molecule has 0 aliphatic carbocycles. The van der Waals surface area contributed by atoms with E-state index in [4.69, 9.17) is 14.0 Å². The molecule has 0 bridgehead atoms. The van der Waals surface area contributed by atoms with Gasteiger partial charge in [0.2, 0.25) is 15.8 Å². The fraction of sp³-hybridized carbons (Fsp3) is 0.107. The molecule has 0 radical (unpaired) electrons. The second-order valence-corrected chi connectivity index (χ2v) is 12.6.